The van der Waals surface area contributed by atoms with Crippen LogP contribution in [0, 0.1) is 17.3 Å². The molecule has 3 saturated carbocycles. The van der Waals surface area contributed by atoms with Gasteiger partial charge in [-0.25, -0.2) is 0 Å². The van der Waals surface area contributed by atoms with Gasteiger partial charge in [0.2, 0.25) is 11.8 Å². The van der Waals surface area contributed by atoms with E-state index in [1.165, 1.54) is 0 Å². The van der Waals surface area contributed by atoms with E-state index in [9.17, 15) is 19.5 Å². The Balaban J connectivity index is 1.03. The molecular formula is C37H43N3O9. The van der Waals surface area contributed by atoms with Crippen LogP contribution in [0.2, 0.25) is 0 Å². The van der Waals surface area contributed by atoms with Crippen molar-refractivity contribution < 1.29 is 43.6 Å². The zero-order valence-corrected chi connectivity index (χ0v) is 27.3. The van der Waals surface area contributed by atoms with Gasteiger partial charge in [-0.1, -0.05) is 54.6 Å². The lowest BCUT2D eigenvalue weighted by Crippen LogP contribution is -2.69. The van der Waals surface area contributed by atoms with E-state index in [1.54, 1.807) is 17.2 Å². The first kappa shape index (κ1) is 32.4. The van der Waals surface area contributed by atoms with Crippen LogP contribution in [0.1, 0.15) is 55.2 Å². The van der Waals surface area contributed by atoms with Crippen molar-refractivity contribution in [3.63, 3.8) is 0 Å². The molecule has 2 amide bonds. The molecule has 12 heteroatoms. The highest BCUT2D eigenvalue weighted by molar-refractivity contribution is 5.94. The molecule has 2 aromatic rings. The van der Waals surface area contributed by atoms with Crippen molar-refractivity contribution in [2.24, 2.45) is 17.3 Å². The average molecular weight is 674 g/mol. The van der Waals surface area contributed by atoms with E-state index in [4.69, 9.17) is 24.2 Å². The Morgan fingerprint density at radius 1 is 0.959 bits per heavy atom. The van der Waals surface area contributed by atoms with Crippen molar-refractivity contribution in [1.82, 2.24) is 15.7 Å². The third-order valence-electron chi connectivity index (χ3n) is 10.9. The van der Waals surface area contributed by atoms with Gasteiger partial charge in [0.05, 0.1) is 13.2 Å². The Morgan fingerprint density at radius 3 is 2.41 bits per heavy atom. The van der Waals surface area contributed by atoms with Gasteiger partial charge in [0.25, 0.3) is 0 Å². The van der Waals surface area contributed by atoms with Crippen LogP contribution in [0.4, 0.5) is 0 Å². The standard InChI is InChI=1S/C37H43N3O9/c41-19-18-38-29(43)16-17-39-35(45)36-20-28-30-31(48-37(47-30,25-12-13-25)26-14-15-26)33(36)49-40(32(36)34(44)46-28)21-23-10-8-22(9-11-23)4-3-6-24-5-1-2-7-27(24)42/h1-5,7-11,25-26,28,30-33,41-42H,6,12-21H2,(H,38,43)(H,39,45). The first-order chi connectivity index (χ1) is 23.8. The molecule has 2 aromatic carbocycles. The number of benzene rings is 2. The van der Waals surface area contributed by atoms with Gasteiger partial charge >= 0.3 is 5.97 Å². The second-order valence-corrected chi connectivity index (χ2v) is 14.2. The Bertz CT molecular complexity index is 1610. The molecule has 4 N–H and O–H groups in total. The first-order valence-corrected chi connectivity index (χ1v) is 17.5. The number of rotatable bonds is 13. The molecule has 2 bridgehead atoms. The number of nitrogens with zero attached hydrogens (tertiary/aromatic N) is 1. The van der Waals surface area contributed by atoms with E-state index >= 15 is 0 Å². The number of hydrogen-bond donors (Lipinski definition) is 4. The van der Waals surface area contributed by atoms with Gasteiger partial charge in [-0.2, -0.15) is 5.06 Å². The highest BCUT2D eigenvalue weighted by atomic mass is 16.8. The summed E-state index contributed by atoms with van der Waals surface area (Å²) in [6.45, 7) is 0.260. The summed E-state index contributed by atoms with van der Waals surface area (Å²) in [5.74, 6) is -1.11. The number of carbonyl (C=O) groups is 3. The number of aromatic hydroxyl groups is 1. The molecule has 12 nitrogen and oxygen atoms in total. The quantitative estimate of drug-likeness (QED) is 0.233. The fourth-order valence-corrected chi connectivity index (χ4v) is 8.32. The number of phenols is 1. The Morgan fingerprint density at radius 2 is 1.69 bits per heavy atom. The van der Waals surface area contributed by atoms with Crippen LogP contribution in [-0.4, -0.2) is 89.0 Å². The summed E-state index contributed by atoms with van der Waals surface area (Å²) < 4.78 is 19.7. The number of esters is 1. The minimum absolute atomic E-state index is 0.0288. The van der Waals surface area contributed by atoms with Gasteiger partial charge in [0, 0.05) is 37.8 Å². The number of phenolic OH excluding ortho intramolecular Hbond substituents is 1. The number of carbonyl (C=O) groups excluding carboxylic acids is 3. The topological polar surface area (TPSA) is 156 Å². The van der Waals surface area contributed by atoms with E-state index in [1.807, 2.05) is 48.6 Å². The number of amides is 2. The molecule has 6 fully saturated rings. The molecule has 3 aliphatic carbocycles. The lowest BCUT2D eigenvalue weighted by Gasteiger charge is -2.48. The number of para-hydroxylation sites is 1. The van der Waals surface area contributed by atoms with Crippen molar-refractivity contribution in [3.8, 4) is 5.75 Å². The predicted molar refractivity (Wildman–Crippen MR) is 174 cm³/mol. The van der Waals surface area contributed by atoms with Crippen LogP contribution in [0.5, 0.6) is 5.75 Å². The smallest absolute Gasteiger partial charge is 0.327 e. The van der Waals surface area contributed by atoms with Gasteiger partial charge < -0.3 is 35.1 Å². The summed E-state index contributed by atoms with van der Waals surface area (Å²) in [4.78, 5) is 47.1. The maximum atomic E-state index is 14.3. The lowest BCUT2D eigenvalue weighted by molar-refractivity contribution is -0.235. The molecule has 49 heavy (non-hydrogen) atoms. The van der Waals surface area contributed by atoms with Gasteiger partial charge in [-0.05, 0) is 54.9 Å². The fourth-order valence-electron chi connectivity index (χ4n) is 8.32. The molecule has 260 valence electrons. The molecule has 3 aliphatic heterocycles. The molecule has 0 aromatic heterocycles. The third kappa shape index (κ3) is 5.83. The van der Waals surface area contributed by atoms with Gasteiger partial charge in [0.15, 0.2) is 11.8 Å². The van der Waals surface area contributed by atoms with Crippen LogP contribution in [0.3, 0.4) is 0 Å². The monoisotopic (exact) mass is 673 g/mol. The second kappa shape index (κ2) is 12.8. The summed E-state index contributed by atoms with van der Waals surface area (Å²) in [5.41, 5.74) is 1.40. The number of aliphatic hydroxyl groups is 1. The number of hydrogen-bond acceptors (Lipinski definition) is 10. The molecule has 3 heterocycles. The number of allylic oxidation sites excluding steroid dienone is 1. The molecular weight excluding hydrogens is 630 g/mol. The zero-order valence-electron chi connectivity index (χ0n) is 27.3. The van der Waals surface area contributed by atoms with E-state index in [-0.39, 0.29) is 68.5 Å². The molecule has 6 aliphatic rings. The maximum Gasteiger partial charge on any atom is 0.327 e. The third-order valence-corrected chi connectivity index (χ3v) is 10.9. The number of nitrogens with one attached hydrogen (secondary N) is 2. The largest absolute Gasteiger partial charge is 0.508 e. The maximum absolute atomic E-state index is 14.3. The van der Waals surface area contributed by atoms with Crippen LogP contribution in [0.15, 0.2) is 54.6 Å². The summed E-state index contributed by atoms with van der Waals surface area (Å²) in [5, 5.41) is 26.2. The summed E-state index contributed by atoms with van der Waals surface area (Å²) in [6, 6.07) is 14.1. The van der Waals surface area contributed by atoms with E-state index in [0.717, 1.165) is 42.4 Å². The molecule has 0 radical (unpaired) electrons. The number of aliphatic hydroxyl groups excluding tert-OH is 1. The number of hydroxylamine groups is 2. The van der Waals surface area contributed by atoms with Crippen LogP contribution < -0.4 is 10.6 Å². The van der Waals surface area contributed by atoms with E-state index < -0.39 is 47.6 Å². The van der Waals surface area contributed by atoms with Crippen molar-refractivity contribution >= 4 is 23.9 Å². The summed E-state index contributed by atoms with van der Waals surface area (Å²) in [6.07, 6.45) is 6.32. The lowest BCUT2D eigenvalue weighted by atomic mass is 9.62. The first-order valence-electron chi connectivity index (χ1n) is 17.5. The number of ether oxygens (including phenoxy) is 3. The van der Waals surface area contributed by atoms with E-state index in [2.05, 4.69) is 10.6 Å². The second-order valence-electron chi connectivity index (χ2n) is 14.2. The van der Waals surface area contributed by atoms with E-state index in [0.29, 0.717) is 6.42 Å². The van der Waals surface area contributed by atoms with Crippen LogP contribution in [-0.2, 0) is 46.4 Å². The average Bonchev–Trinajstić information content (AvgIpc) is 4.04. The van der Waals surface area contributed by atoms with Crippen molar-refractivity contribution in [3.05, 3.63) is 71.3 Å². The zero-order chi connectivity index (χ0) is 33.8. The van der Waals surface area contributed by atoms with Crippen molar-refractivity contribution in [2.45, 2.75) is 87.7 Å². The van der Waals surface area contributed by atoms with Gasteiger partial charge in [0.1, 0.15) is 35.6 Å². The molecule has 0 spiro atoms. The normalized spacial score (nSPS) is 31.4. The highest BCUT2D eigenvalue weighted by Gasteiger charge is 2.78. The van der Waals surface area contributed by atoms with Crippen molar-refractivity contribution in [2.75, 3.05) is 19.7 Å². The van der Waals surface area contributed by atoms with Crippen molar-refractivity contribution in [1.29, 1.82) is 0 Å². The molecule has 6 unspecified atom stereocenters. The summed E-state index contributed by atoms with van der Waals surface area (Å²) in [7, 11) is 0. The minimum Gasteiger partial charge on any atom is -0.508 e. The Labute approximate surface area is 284 Å². The Kier molecular flexibility index (Phi) is 8.48. The van der Waals surface area contributed by atoms with Crippen LogP contribution in [0.25, 0.3) is 6.08 Å². The Hall–Kier alpha value is -3.81. The molecule has 6 atom stereocenters. The van der Waals surface area contributed by atoms with Gasteiger partial charge in [-0.3, -0.25) is 19.2 Å². The fraction of sp³-hybridized carbons (Fsp3) is 0.541. The predicted octanol–water partition coefficient (Wildman–Crippen LogP) is 2.36. The van der Waals surface area contributed by atoms with Crippen LogP contribution >= 0.6 is 0 Å². The minimum atomic E-state index is -1.30. The highest BCUT2D eigenvalue weighted by Crippen LogP contribution is 2.63. The molecule has 8 rings (SSSR count). The molecule has 3 saturated heterocycles. The number of fused-ring (bicyclic) bond motifs is 4. The summed E-state index contributed by atoms with van der Waals surface area (Å²) >= 11 is 0. The SMILES string of the molecule is O=C(CCNC(=O)C12CC3OC(=O)C1N(Cc1ccc(C=CCc4ccccc4O)cc1)OC2C1OC(C2CC2)(C2CC2)OC31)NCCO. The van der Waals surface area contributed by atoms with Gasteiger partial charge in [-0.15, -0.1) is 0 Å².